The number of nitrogens with one attached hydrogen (secondary N) is 1. The predicted molar refractivity (Wildman–Crippen MR) is 89.0 cm³/mol. The van der Waals surface area contributed by atoms with E-state index in [1.165, 1.54) is 18.5 Å². The first-order valence-corrected chi connectivity index (χ1v) is 8.11. The summed E-state index contributed by atoms with van der Waals surface area (Å²) in [6.45, 7) is 2.15. The largest absolute Gasteiger partial charge is 0.573 e. The van der Waals surface area contributed by atoms with Crippen molar-refractivity contribution in [2.45, 2.75) is 25.4 Å². The summed E-state index contributed by atoms with van der Waals surface area (Å²) in [6, 6.07) is 8.00. The van der Waals surface area contributed by atoms with Crippen LogP contribution in [0.15, 0.2) is 36.7 Å². The Morgan fingerprint density at radius 2 is 2.12 bits per heavy atom. The van der Waals surface area contributed by atoms with E-state index in [0.29, 0.717) is 18.2 Å². The van der Waals surface area contributed by atoms with Gasteiger partial charge >= 0.3 is 6.36 Å². The molecule has 1 atom stereocenters. The third-order valence-electron chi connectivity index (χ3n) is 4.01. The van der Waals surface area contributed by atoms with E-state index in [1.54, 1.807) is 25.3 Å². The van der Waals surface area contributed by atoms with E-state index in [4.69, 9.17) is 4.74 Å². The molecule has 1 aromatic heterocycles. The number of likely N-dealkylation sites (tertiary alicyclic amines) is 1. The molecule has 1 N–H and O–H groups in total. The quantitative estimate of drug-likeness (QED) is 0.846. The molecule has 1 unspecified atom stereocenters. The average molecular weight is 368 g/mol. The topological polar surface area (TPSA) is 59.5 Å². The molecule has 0 spiro atoms. The van der Waals surface area contributed by atoms with Gasteiger partial charge in [0.2, 0.25) is 5.88 Å². The molecule has 140 valence electrons. The average Bonchev–Trinajstić information content (AvgIpc) is 3.00. The summed E-state index contributed by atoms with van der Waals surface area (Å²) < 4.78 is 46.0. The number of rotatable bonds is 6. The number of aromatic nitrogens is 2. The van der Waals surface area contributed by atoms with E-state index in [2.05, 4.69) is 24.9 Å². The van der Waals surface area contributed by atoms with Gasteiger partial charge in [-0.2, -0.15) is 0 Å². The molecular weight excluding hydrogens is 349 g/mol. The molecule has 1 aliphatic heterocycles. The number of nitrogens with zero attached hydrogens (tertiary/aromatic N) is 3. The van der Waals surface area contributed by atoms with Crippen molar-refractivity contribution in [1.29, 1.82) is 0 Å². The van der Waals surface area contributed by atoms with Crippen LogP contribution in [0.5, 0.6) is 11.6 Å². The van der Waals surface area contributed by atoms with E-state index >= 15 is 0 Å². The second kappa shape index (κ2) is 7.77. The van der Waals surface area contributed by atoms with Crippen LogP contribution in [0.4, 0.5) is 19.0 Å². The van der Waals surface area contributed by atoms with E-state index in [9.17, 15) is 13.2 Å². The molecule has 1 saturated heterocycles. The summed E-state index contributed by atoms with van der Waals surface area (Å²) in [6.07, 6.45) is -2.34. The second-order valence-electron chi connectivity index (χ2n) is 6.01. The summed E-state index contributed by atoms with van der Waals surface area (Å²) in [5.74, 6) is 0.972. The molecule has 6 nitrogen and oxygen atoms in total. The van der Waals surface area contributed by atoms with Crippen LogP contribution in [0.25, 0.3) is 0 Å². The fraction of sp³-hybridized carbons (Fsp3) is 0.412. The minimum atomic E-state index is -4.68. The molecule has 0 saturated carbocycles. The maximum absolute atomic E-state index is 12.3. The Morgan fingerprint density at radius 3 is 2.88 bits per heavy atom. The molecule has 0 amide bonds. The number of ether oxygens (including phenoxy) is 2. The van der Waals surface area contributed by atoms with Crippen LogP contribution in [0, 0.1) is 0 Å². The molecular formula is C17H19F3N4O2. The lowest BCUT2D eigenvalue weighted by molar-refractivity contribution is -0.274. The van der Waals surface area contributed by atoms with Crippen molar-refractivity contribution in [3.8, 4) is 11.6 Å². The first kappa shape index (κ1) is 18.2. The highest BCUT2D eigenvalue weighted by molar-refractivity contribution is 5.38. The minimum absolute atomic E-state index is 0.197. The number of methoxy groups -OCH3 is 1. The van der Waals surface area contributed by atoms with Crippen LogP contribution < -0.4 is 14.8 Å². The minimum Gasteiger partial charge on any atom is -0.481 e. The van der Waals surface area contributed by atoms with Gasteiger partial charge in [-0.25, -0.2) is 9.97 Å². The third-order valence-corrected chi connectivity index (χ3v) is 4.01. The van der Waals surface area contributed by atoms with Gasteiger partial charge in [0.25, 0.3) is 0 Å². The highest BCUT2D eigenvalue weighted by atomic mass is 19.4. The van der Waals surface area contributed by atoms with Crippen LogP contribution in [0.2, 0.25) is 0 Å². The number of hydrogen-bond donors (Lipinski definition) is 1. The van der Waals surface area contributed by atoms with Gasteiger partial charge in [-0.05, 0) is 24.1 Å². The normalized spacial score (nSPS) is 17.9. The predicted octanol–water partition coefficient (Wildman–Crippen LogP) is 3.07. The Morgan fingerprint density at radius 1 is 1.27 bits per heavy atom. The van der Waals surface area contributed by atoms with Crippen LogP contribution in [0.1, 0.15) is 12.0 Å². The molecule has 2 aromatic rings. The van der Waals surface area contributed by atoms with Crippen molar-refractivity contribution in [3.05, 3.63) is 42.2 Å². The smallest absolute Gasteiger partial charge is 0.481 e. The first-order valence-electron chi connectivity index (χ1n) is 8.11. The van der Waals surface area contributed by atoms with E-state index in [0.717, 1.165) is 25.1 Å². The van der Waals surface area contributed by atoms with Gasteiger partial charge in [-0.3, -0.25) is 4.90 Å². The molecule has 0 aliphatic carbocycles. The van der Waals surface area contributed by atoms with Crippen molar-refractivity contribution in [1.82, 2.24) is 14.9 Å². The molecule has 0 radical (unpaired) electrons. The monoisotopic (exact) mass is 368 g/mol. The molecule has 1 aromatic carbocycles. The summed E-state index contributed by atoms with van der Waals surface area (Å²) >= 11 is 0. The number of benzene rings is 1. The molecule has 9 heteroatoms. The number of alkyl halides is 3. The Labute approximate surface area is 149 Å². The molecule has 2 heterocycles. The number of hydrogen-bond acceptors (Lipinski definition) is 6. The van der Waals surface area contributed by atoms with Crippen molar-refractivity contribution in [3.63, 3.8) is 0 Å². The molecule has 3 rings (SSSR count). The molecule has 1 fully saturated rings. The van der Waals surface area contributed by atoms with Gasteiger partial charge in [0, 0.05) is 31.7 Å². The first-order chi connectivity index (χ1) is 12.4. The standard InChI is InChI=1S/C17H19F3N4O2/c1-25-16-8-15(21-11-22-16)23-13-5-6-24(10-13)9-12-3-2-4-14(7-12)26-17(18,19)20/h2-4,7-8,11,13H,5-6,9-10H2,1H3,(H,21,22,23). The second-order valence-corrected chi connectivity index (χ2v) is 6.01. The lowest BCUT2D eigenvalue weighted by atomic mass is 10.2. The van der Waals surface area contributed by atoms with Crippen molar-refractivity contribution in [2.75, 3.05) is 25.5 Å². The zero-order chi connectivity index (χ0) is 18.6. The van der Waals surface area contributed by atoms with Gasteiger partial charge in [-0.1, -0.05) is 12.1 Å². The fourth-order valence-corrected chi connectivity index (χ4v) is 2.93. The lowest BCUT2D eigenvalue weighted by Gasteiger charge is -2.18. The van der Waals surface area contributed by atoms with Crippen LogP contribution >= 0.6 is 0 Å². The van der Waals surface area contributed by atoms with Gasteiger partial charge in [-0.15, -0.1) is 13.2 Å². The zero-order valence-electron chi connectivity index (χ0n) is 14.2. The van der Waals surface area contributed by atoms with Crippen LogP contribution in [-0.4, -0.2) is 47.5 Å². The van der Waals surface area contributed by atoms with E-state index in [-0.39, 0.29) is 11.8 Å². The summed E-state index contributed by atoms with van der Waals surface area (Å²) in [4.78, 5) is 10.3. The molecule has 1 aliphatic rings. The summed E-state index contributed by atoms with van der Waals surface area (Å²) in [5.41, 5.74) is 0.774. The van der Waals surface area contributed by atoms with E-state index < -0.39 is 6.36 Å². The number of anilines is 1. The highest BCUT2D eigenvalue weighted by Gasteiger charge is 2.31. The SMILES string of the molecule is COc1cc(NC2CCN(Cc3cccc(OC(F)(F)F)c3)C2)ncn1. The Balaban J connectivity index is 1.55. The highest BCUT2D eigenvalue weighted by Crippen LogP contribution is 2.25. The van der Waals surface area contributed by atoms with E-state index in [1.807, 2.05) is 0 Å². The van der Waals surface area contributed by atoms with Gasteiger partial charge < -0.3 is 14.8 Å². The van der Waals surface area contributed by atoms with Crippen LogP contribution in [0.3, 0.4) is 0 Å². The number of halogens is 3. The molecule has 26 heavy (non-hydrogen) atoms. The van der Waals surface area contributed by atoms with Crippen molar-refractivity contribution >= 4 is 5.82 Å². The third kappa shape index (κ3) is 5.22. The summed E-state index contributed by atoms with van der Waals surface area (Å²) in [5, 5.41) is 3.33. The Bertz CT molecular complexity index is 742. The maximum atomic E-state index is 12.3. The fourth-order valence-electron chi connectivity index (χ4n) is 2.93. The van der Waals surface area contributed by atoms with Crippen molar-refractivity contribution in [2.24, 2.45) is 0 Å². The zero-order valence-corrected chi connectivity index (χ0v) is 14.2. The van der Waals surface area contributed by atoms with Gasteiger partial charge in [0.1, 0.15) is 17.9 Å². The van der Waals surface area contributed by atoms with Gasteiger partial charge in [0.15, 0.2) is 0 Å². The molecule has 0 bridgehead atoms. The van der Waals surface area contributed by atoms with Crippen LogP contribution in [-0.2, 0) is 6.54 Å². The Kier molecular flexibility index (Phi) is 5.46. The summed E-state index contributed by atoms with van der Waals surface area (Å²) in [7, 11) is 1.54. The van der Waals surface area contributed by atoms with Gasteiger partial charge in [0.05, 0.1) is 7.11 Å². The maximum Gasteiger partial charge on any atom is 0.573 e. The lowest BCUT2D eigenvalue weighted by Crippen LogP contribution is -2.26. The Hall–Kier alpha value is -2.55. The van der Waals surface area contributed by atoms with Crippen molar-refractivity contribution < 1.29 is 22.6 Å².